The molecule has 0 saturated heterocycles. The third-order valence-corrected chi connectivity index (χ3v) is 3.83. The lowest BCUT2D eigenvalue weighted by molar-refractivity contribution is -0.132. The molecular formula is C20H23N3O3. The number of hydrogen-bond donors (Lipinski definition) is 4. The van der Waals surface area contributed by atoms with Crippen molar-refractivity contribution in [3.63, 3.8) is 0 Å². The Labute approximate surface area is 152 Å². The normalized spacial score (nSPS) is 12.6. The molecule has 0 aliphatic rings. The van der Waals surface area contributed by atoms with Gasteiger partial charge in [0.25, 0.3) is 11.8 Å². The summed E-state index contributed by atoms with van der Waals surface area (Å²) in [4.78, 5) is 24.1. The van der Waals surface area contributed by atoms with E-state index in [0.29, 0.717) is 5.56 Å². The van der Waals surface area contributed by atoms with Crippen LogP contribution in [-0.4, -0.2) is 28.6 Å². The van der Waals surface area contributed by atoms with E-state index in [4.69, 9.17) is 10.9 Å². The van der Waals surface area contributed by atoms with Gasteiger partial charge in [0, 0.05) is 11.1 Å². The molecule has 1 atom stereocenters. The molecule has 0 spiro atoms. The third kappa shape index (κ3) is 5.27. The van der Waals surface area contributed by atoms with Crippen LogP contribution in [0.1, 0.15) is 35.3 Å². The molecule has 136 valence electrons. The highest BCUT2D eigenvalue weighted by molar-refractivity contribution is 5.98. The fourth-order valence-electron chi connectivity index (χ4n) is 2.37. The molecule has 0 radical (unpaired) electrons. The number of rotatable bonds is 6. The van der Waals surface area contributed by atoms with Crippen molar-refractivity contribution in [1.82, 2.24) is 10.8 Å². The van der Waals surface area contributed by atoms with Crippen molar-refractivity contribution in [2.75, 3.05) is 0 Å². The maximum Gasteiger partial charge on any atom is 0.267 e. The van der Waals surface area contributed by atoms with Crippen LogP contribution in [0.5, 0.6) is 0 Å². The first-order valence-electron chi connectivity index (χ1n) is 8.18. The molecule has 26 heavy (non-hydrogen) atoms. The molecule has 0 aliphatic carbocycles. The predicted molar refractivity (Wildman–Crippen MR) is 101 cm³/mol. The van der Waals surface area contributed by atoms with Gasteiger partial charge in [-0.2, -0.15) is 0 Å². The highest BCUT2D eigenvalue weighted by Crippen LogP contribution is 2.11. The summed E-state index contributed by atoms with van der Waals surface area (Å²) in [7, 11) is 0. The van der Waals surface area contributed by atoms with E-state index in [9.17, 15) is 9.59 Å². The number of hydroxylamine groups is 1. The first-order valence-corrected chi connectivity index (χ1v) is 8.18. The smallest absolute Gasteiger partial charge is 0.267 e. The van der Waals surface area contributed by atoms with Gasteiger partial charge < -0.3 is 11.1 Å². The van der Waals surface area contributed by atoms with Gasteiger partial charge in [0.2, 0.25) is 0 Å². The van der Waals surface area contributed by atoms with Crippen molar-refractivity contribution in [3.05, 3.63) is 71.3 Å². The van der Waals surface area contributed by atoms with E-state index >= 15 is 0 Å². The molecule has 6 nitrogen and oxygen atoms in total. The maximum absolute atomic E-state index is 12.4. The fraction of sp³-hybridized carbons (Fsp3) is 0.200. The second-order valence-electron chi connectivity index (χ2n) is 6.57. The lowest BCUT2D eigenvalue weighted by Gasteiger charge is -2.29. The van der Waals surface area contributed by atoms with Gasteiger partial charge in [0.1, 0.15) is 6.04 Å². The van der Waals surface area contributed by atoms with Crippen LogP contribution in [0.2, 0.25) is 0 Å². The first-order chi connectivity index (χ1) is 12.3. The van der Waals surface area contributed by atoms with Gasteiger partial charge in [-0.1, -0.05) is 54.6 Å². The minimum Gasteiger partial charge on any atom is -0.338 e. The van der Waals surface area contributed by atoms with E-state index in [1.165, 1.54) is 5.48 Å². The fourth-order valence-corrected chi connectivity index (χ4v) is 2.37. The molecule has 0 saturated carbocycles. The molecular weight excluding hydrogens is 330 g/mol. The number of nitrogens with one attached hydrogen (secondary N) is 2. The van der Waals surface area contributed by atoms with Crippen LogP contribution in [0.4, 0.5) is 0 Å². The molecule has 0 bridgehead atoms. The van der Waals surface area contributed by atoms with Gasteiger partial charge >= 0.3 is 0 Å². The maximum atomic E-state index is 12.4. The Morgan fingerprint density at radius 3 is 2.04 bits per heavy atom. The van der Waals surface area contributed by atoms with E-state index in [2.05, 4.69) is 5.32 Å². The number of hydrogen-bond acceptors (Lipinski definition) is 4. The van der Waals surface area contributed by atoms with Crippen LogP contribution >= 0.6 is 0 Å². The Bertz CT molecular complexity index is 778. The van der Waals surface area contributed by atoms with Crippen molar-refractivity contribution in [2.24, 2.45) is 5.73 Å². The molecule has 2 amide bonds. The Balaban J connectivity index is 2.08. The second kappa shape index (κ2) is 8.42. The third-order valence-electron chi connectivity index (χ3n) is 3.83. The molecule has 0 fully saturated rings. The topological polar surface area (TPSA) is 104 Å². The van der Waals surface area contributed by atoms with Crippen molar-refractivity contribution in [3.8, 4) is 0 Å². The van der Waals surface area contributed by atoms with Gasteiger partial charge in [-0.15, -0.1) is 0 Å². The highest BCUT2D eigenvalue weighted by atomic mass is 16.5. The van der Waals surface area contributed by atoms with Gasteiger partial charge in [0.05, 0.1) is 0 Å². The predicted octanol–water partition coefficient (Wildman–Crippen LogP) is 2.20. The Kier molecular flexibility index (Phi) is 6.27. The van der Waals surface area contributed by atoms with E-state index in [1.54, 1.807) is 26.0 Å². The molecule has 6 heteroatoms. The van der Waals surface area contributed by atoms with Gasteiger partial charge in [-0.25, -0.2) is 5.48 Å². The summed E-state index contributed by atoms with van der Waals surface area (Å²) < 4.78 is 0. The number of benzene rings is 2. The Morgan fingerprint density at radius 1 is 1.00 bits per heavy atom. The summed E-state index contributed by atoms with van der Waals surface area (Å²) in [6.07, 6.45) is 3.93. The molecule has 2 aromatic carbocycles. The van der Waals surface area contributed by atoms with E-state index < -0.39 is 23.4 Å². The molecule has 0 unspecified atom stereocenters. The zero-order valence-electron chi connectivity index (χ0n) is 14.8. The summed E-state index contributed by atoms with van der Waals surface area (Å²) in [6, 6.07) is 15.8. The highest BCUT2D eigenvalue weighted by Gasteiger charge is 2.33. The first kappa shape index (κ1) is 19.4. The van der Waals surface area contributed by atoms with E-state index in [-0.39, 0.29) is 0 Å². The minimum atomic E-state index is -1.07. The zero-order chi connectivity index (χ0) is 19.2. The van der Waals surface area contributed by atoms with Gasteiger partial charge in [-0.05, 0) is 37.1 Å². The SMILES string of the molecule is CC(C)(N)[C@H](NC(=O)c1ccc(/C=C/c2ccccc2)cc1)C(=O)NO. The number of carbonyl (C=O) groups excluding carboxylic acids is 2. The van der Waals surface area contributed by atoms with Crippen LogP contribution in [0.3, 0.4) is 0 Å². The number of amides is 2. The van der Waals surface area contributed by atoms with Crippen molar-refractivity contribution >= 4 is 24.0 Å². The van der Waals surface area contributed by atoms with Crippen molar-refractivity contribution in [2.45, 2.75) is 25.4 Å². The molecule has 2 aromatic rings. The average Bonchev–Trinajstić information content (AvgIpc) is 2.64. The van der Waals surface area contributed by atoms with Gasteiger partial charge in [-0.3, -0.25) is 14.8 Å². The van der Waals surface area contributed by atoms with Crippen LogP contribution in [-0.2, 0) is 4.79 Å². The molecule has 0 aliphatic heterocycles. The Hall–Kier alpha value is -2.96. The van der Waals surface area contributed by atoms with Crippen LogP contribution in [0.25, 0.3) is 12.2 Å². The summed E-state index contributed by atoms with van der Waals surface area (Å²) in [5.74, 6) is -1.22. The average molecular weight is 353 g/mol. The van der Waals surface area contributed by atoms with E-state index in [0.717, 1.165) is 11.1 Å². The number of nitrogens with two attached hydrogens (primary N) is 1. The molecule has 0 aromatic heterocycles. The van der Waals surface area contributed by atoms with E-state index in [1.807, 2.05) is 54.6 Å². The summed E-state index contributed by atoms with van der Waals surface area (Å²) in [6.45, 7) is 3.18. The molecule has 2 rings (SSSR count). The Morgan fingerprint density at radius 2 is 1.54 bits per heavy atom. The van der Waals surface area contributed by atoms with Crippen molar-refractivity contribution < 1.29 is 14.8 Å². The van der Waals surface area contributed by atoms with Crippen LogP contribution < -0.4 is 16.5 Å². The quantitative estimate of drug-likeness (QED) is 0.363. The zero-order valence-corrected chi connectivity index (χ0v) is 14.8. The summed E-state index contributed by atoms with van der Waals surface area (Å²) >= 11 is 0. The summed E-state index contributed by atoms with van der Waals surface area (Å²) in [5.41, 5.74) is 8.80. The monoisotopic (exact) mass is 353 g/mol. The van der Waals surface area contributed by atoms with Crippen molar-refractivity contribution in [1.29, 1.82) is 0 Å². The molecule has 0 heterocycles. The minimum absolute atomic E-state index is 0.391. The molecule has 5 N–H and O–H groups in total. The van der Waals surface area contributed by atoms with Crippen LogP contribution in [0, 0.1) is 0 Å². The largest absolute Gasteiger partial charge is 0.338 e. The van der Waals surface area contributed by atoms with Crippen LogP contribution in [0.15, 0.2) is 54.6 Å². The number of carbonyl (C=O) groups is 2. The second-order valence-corrected chi connectivity index (χ2v) is 6.57. The lowest BCUT2D eigenvalue weighted by atomic mass is 9.95. The lowest BCUT2D eigenvalue weighted by Crippen LogP contribution is -2.61. The van der Waals surface area contributed by atoms with Gasteiger partial charge in [0.15, 0.2) is 0 Å². The summed E-state index contributed by atoms with van der Waals surface area (Å²) in [5, 5.41) is 11.4. The standard InChI is InChI=1S/C20H23N3O3/c1-20(2,21)17(19(25)23-26)22-18(24)16-12-10-15(11-13-16)9-8-14-6-4-3-5-7-14/h3-13,17,26H,21H2,1-2H3,(H,22,24)(H,23,25)/b9-8+/t17-/m1/s1.